The molecule has 1 amide bonds. The molecular formula is C19H15Cl2N5O3S2. The van der Waals surface area contributed by atoms with Gasteiger partial charge in [0.1, 0.15) is 0 Å². The van der Waals surface area contributed by atoms with E-state index in [4.69, 9.17) is 28.6 Å². The van der Waals surface area contributed by atoms with E-state index in [1.54, 1.807) is 24.3 Å². The number of nitrogens with zero attached hydrogens (tertiary/aromatic N) is 4. The van der Waals surface area contributed by atoms with Gasteiger partial charge in [-0.1, -0.05) is 23.2 Å². The highest BCUT2D eigenvalue weighted by Gasteiger charge is 2.38. The fourth-order valence-electron chi connectivity index (χ4n) is 3.28. The highest BCUT2D eigenvalue weighted by atomic mass is 35.5. The molecule has 2 aliphatic rings. The van der Waals surface area contributed by atoms with E-state index in [1.165, 1.54) is 0 Å². The number of amidine groups is 2. The van der Waals surface area contributed by atoms with Crippen molar-refractivity contribution in [3.63, 3.8) is 0 Å². The van der Waals surface area contributed by atoms with E-state index in [0.29, 0.717) is 15.6 Å². The summed E-state index contributed by atoms with van der Waals surface area (Å²) in [5.41, 5.74) is 3.14. The van der Waals surface area contributed by atoms with Crippen LogP contribution in [-0.4, -0.2) is 45.5 Å². The first-order valence-electron chi connectivity index (χ1n) is 8.81. The molecule has 2 aliphatic heterocycles. The van der Waals surface area contributed by atoms with Gasteiger partial charge in [0.05, 0.1) is 5.57 Å². The molecule has 0 saturated heterocycles. The van der Waals surface area contributed by atoms with Crippen molar-refractivity contribution in [2.24, 2.45) is 10.1 Å². The summed E-state index contributed by atoms with van der Waals surface area (Å²) in [7, 11) is -3.59. The maximum Gasteiger partial charge on any atom is 0.283 e. The zero-order chi connectivity index (χ0) is 22.7. The summed E-state index contributed by atoms with van der Waals surface area (Å²) in [5.74, 6) is -0.874. The smallest absolute Gasteiger partial charge is 0.283 e. The molecule has 0 spiro atoms. The van der Waals surface area contributed by atoms with Crippen LogP contribution in [0.4, 0.5) is 0 Å². The zero-order valence-electron chi connectivity index (χ0n) is 16.5. The number of thioether (sulfide) groups is 1. The monoisotopic (exact) mass is 495 g/mol. The highest BCUT2D eigenvalue weighted by molar-refractivity contribution is 8.42. The quantitative estimate of drug-likeness (QED) is 0.632. The Morgan fingerprint density at radius 1 is 1.13 bits per heavy atom. The lowest BCUT2D eigenvalue weighted by Crippen LogP contribution is -2.35. The van der Waals surface area contributed by atoms with Gasteiger partial charge in [0.15, 0.2) is 5.84 Å². The molecule has 0 atom stereocenters. The van der Waals surface area contributed by atoms with Gasteiger partial charge >= 0.3 is 0 Å². The van der Waals surface area contributed by atoms with E-state index in [-0.39, 0.29) is 21.0 Å². The first kappa shape index (κ1) is 21.8. The fraction of sp³-hybridized carbons (Fsp3) is 0.158. The van der Waals surface area contributed by atoms with Crippen molar-refractivity contribution < 1.29 is 13.2 Å². The van der Waals surface area contributed by atoms with Crippen molar-refractivity contribution in [3.8, 4) is 5.69 Å². The summed E-state index contributed by atoms with van der Waals surface area (Å²) < 4.78 is 25.3. The number of nitrogens with one attached hydrogen (secondary N) is 1. The van der Waals surface area contributed by atoms with Crippen LogP contribution in [0.15, 0.2) is 39.9 Å². The van der Waals surface area contributed by atoms with Crippen molar-refractivity contribution in [3.05, 3.63) is 56.8 Å². The molecule has 1 N–H and O–H groups in total. The molecule has 8 nitrogen and oxygen atoms in total. The summed E-state index contributed by atoms with van der Waals surface area (Å²) in [6.07, 6.45) is 2.56. The lowest BCUT2D eigenvalue weighted by molar-refractivity contribution is -0.114. The molecule has 160 valence electrons. The minimum atomic E-state index is -3.59. The van der Waals surface area contributed by atoms with Gasteiger partial charge in [0, 0.05) is 33.4 Å². The normalized spacial score (nSPS) is 17.8. The van der Waals surface area contributed by atoms with Gasteiger partial charge in [0.25, 0.3) is 5.91 Å². The average Bonchev–Trinajstić information content (AvgIpc) is 3.19. The highest BCUT2D eigenvalue weighted by Crippen LogP contribution is 2.31. The first-order valence-corrected chi connectivity index (χ1v) is 12.3. The summed E-state index contributed by atoms with van der Waals surface area (Å²) in [5, 5.41) is 14.4. The fourth-order valence-corrected chi connectivity index (χ4v) is 5.48. The Morgan fingerprint density at radius 3 is 2.39 bits per heavy atom. The minimum Gasteiger partial charge on any atom is -0.318 e. The van der Waals surface area contributed by atoms with Crippen molar-refractivity contribution >= 4 is 72.2 Å². The maximum atomic E-state index is 12.6. The number of fused-ring (bicyclic) bond motifs is 1. The Bertz CT molecular complexity index is 1350. The van der Waals surface area contributed by atoms with Crippen LogP contribution in [0, 0.1) is 19.3 Å². The number of aryl methyl sites for hydroxylation is 1. The van der Waals surface area contributed by atoms with E-state index in [9.17, 15) is 13.2 Å². The van der Waals surface area contributed by atoms with Gasteiger partial charge in [0.2, 0.25) is 19.4 Å². The first-order chi connectivity index (χ1) is 14.5. The lowest BCUT2D eigenvalue weighted by Gasteiger charge is -2.20. The summed E-state index contributed by atoms with van der Waals surface area (Å²) in [6.45, 7) is 3.76. The third-order valence-electron chi connectivity index (χ3n) is 4.63. The Morgan fingerprint density at radius 2 is 1.77 bits per heavy atom. The number of carbonyl (C=O) groups is 1. The SMILES string of the molecule is Cc1cc(/C=C2/C(=N)N3N=C(S(C)(=O)=O)SC3=NC2=O)c(C)n1-c1cc(Cl)cc(Cl)c1. The number of benzene rings is 1. The number of rotatable bonds is 2. The number of aliphatic imine (C=N–C) groups is 1. The number of aromatic nitrogens is 1. The van der Waals surface area contributed by atoms with E-state index in [1.807, 2.05) is 24.5 Å². The van der Waals surface area contributed by atoms with Crippen LogP contribution in [0.1, 0.15) is 17.0 Å². The third kappa shape index (κ3) is 3.96. The van der Waals surface area contributed by atoms with Crippen LogP contribution >= 0.6 is 35.0 Å². The number of sulfone groups is 1. The Hall–Kier alpha value is -2.40. The maximum absolute atomic E-state index is 12.6. The van der Waals surface area contributed by atoms with Gasteiger partial charge in [-0.15, -0.1) is 5.10 Å². The number of hydrogen-bond donors (Lipinski definition) is 1. The number of halogens is 2. The van der Waals surface area contributed by atoms with Gasteiger partial charge in [-0.3, -0.25) is 10.2 Å². The molecule has 0 aliphatic carbocycles. The van der Waals surface area contributed by atoms with Crippen LogP contribution in [0.25, 0.3) is 11.8 Å². The molecule has 31 heavy (non-hydrogen) atoms. The van der Waals surface area contributed by atoms with E-state index in [2.05, 4.69) is 10.1 Å². The van der Waals surface area contributed by atoms with Gasteiger partial charge in [-0.05, 0) is 61.5 Å². The second-order valence-electron chi connectivity index (χ2n) is 6.95. The molecular weight excluding hydrogens is 481 g/mol. The van der Waals surface area contributed by atoms with Gasteiger partial charge < -0.3 is 4.57 Å². The summed E-state index contributed by atoms with van der Waals surface area (Å²) in [6, 6.07) is 7.05. The number of amides is 1. The molecule has 3 heterocycles. The van der Waals surface area contributed by atoms with Crippen LogP contribution in [0.5, 0.6) is 0 Å². The second kappa shape index (κ2) is 7.63. The Balaban J connectivity index is 1.77. The molecule has 0 radical (unpaired) electrons. The molecule has 2 aromatic rings. The van der Waals surface area contributed by atoms with Crippen molar-refractivity contribution in [1.82, 2.24) is 9.58 Å². The average molecular weight is 496 g/mol. The number of carbonyl (C=O) groups excluding carboxylic acids is 1. The molecule has 0 saturated carbocycles. The number of hydrogen-bond acceptors (Lipinski definition) is 6. The van der Waals surface area contributed by atoms with Crippen molar-refractivity contribution in [1.29, 1.82) is 5.41 Å². The van der Waals surface area contributed by atoms with E-state index < -0.39 is 15.7 Å². The largest absolute Gasteiger partial charge is 0.318 e. The summed E-state index contributed by atoms with van der Waals surface area (Å²) in [4.78, 5) is 16.5. The Kier molecular flexibility index (Phi) is 5.37. The molecule has 1 aromatic heterocycles. The predicted molar refractivity (Wildman–Crippen MR) is 125 cm³/mol. The topological polar surface area (TPSA) is 108 Å². The number of hydrazone groups is 1. The van der Waals surface area contributed by atoms with E-state index in [0.717, 1.165) is 40.1 Å². The Labute approximate surface area is 192 Å². The molecule has 0 fully saturated rings. The minimum absolute atomic E-state index is 0.00669. The standard InChI is InChI=1S/C19H15Cl2N5O3S2/c1-9-4-11(10(2)25(9)14-7-12(20)6-13(21)8-14)5-15-16(22)26-18(23-17(15)27)30-19(24-26)31(3,28)29/h4-8,22H,1-3H3/b15-5-,22-16?. The van der Waals surface area contributed by atoms with Crippen LogP contribution < -0.4 is 0 Å². The van der Waals surface area contributed by atoms with Crippen LogP contribution in [0.3, 0.4) is 0 Å². The molecule has 4 rings (SSSR count). The zero-order valence-corrected chi connectivity index (χ0v) is 19.6. The molecule has 12 heteroatoms. The van der Waals surface area contributed by atoms with Crippen LogP contribution in [-0.2, 0) is 14.6 Å². The third-order valence-corrected chi connectivity index (χ3v) is 7.64. The van der Waals surface area contributed by atoms with Crippen molar-refractivity contribution in [2.75, 3.05) is 6.26 Å². The molecule has 0 unspecified atom stereocenters. The van der Waals surface area contributed by atoms with Gasteiger partial charge in [-0.25, -0.2) is 8.42 Å². The van der Waals surface area contributed by atoms with Gasteiger partial charge in [-0.2, -0.15) is 10.0 Å². The molecule has 1 aromatic carbocycles. The lowest BCUT2D eigenvalue weighted by atomic mass is 10.1. The summed E-state index contributed by atoms with van der Waals surface area (Å²) >= 11 is 13.0. The molecule has 0 bridgehead atoms. The van der Waals surface area contributed by atoms with Crippen molar-refractivity contribution in [2.45, 2.75) is 13.8 Å². The van der Waals surface area contributed by atoms with Crippen LogP contribution in [0.2, 0.25) is 10.0 Å². The predicted octanol–water partition coefficient (Wildman–Crippen LogP) is 4.02. The van der Waals surface area contributed by atoms with E-state index >= 15 is 0 Å². The second-order valence-corrected chi connectivity index (χ2v) is 11.0.